The second kappa shape index (κ2) is 10.8. The van der Waals surface area contributed by atoms with Gasteiger partial charge in [0.15, 0.2) is 0 Å². The Morgan fingerprint density at radius 1 is 1.08 bits per heavy atom. The van der Waals surface area contributed by atoms with Gasteiger partial charge in [0.05, 0.1) is 6.10 Å². The number of pyridine rings is 1. The van der Waals surface area contributed by atoms with Crippen LogP contribution in [0.2, 0.25) is 0 Å². The fourth-order valence-corrected chi connectivity index (χ4v) is 7.42. The van der Waals surface area contributed by atoms with E-state index in [0.717, 1.165) is 54.0 Å². The molecule has 0 amide bonds. The number of fused-ring (bicyclic) bond motifs is 1. The van der Waals surface area contributed by atoms with E-state index >= 15 is 0 Å². The van der Waals surface area contributed by atoms with Crippen LogP contribution in [0, 0.1) is 5.41 Å². The molecule has 1 spiro atoms. The number of aryl methyl sites for hydroxylation is 1. The molecule has 7 nitrogen and oxygen atoms in total. The number of aliphatic hydroxyl groups excluding tert-OH is 1. The maximum atomic E-state index is 13.0. The van der Waals surface area contributed by atoms with Crippen LogP contribution in [-0.4, -0.2) is 39.8 Å². The minimum atomic E-state index is -0.627. The first-order valence-corrected chi connectivity index (χ1v) is 16.7. The molecule has 2 N–H and O–H groups in total. The Labute approximate surface area is 244 Å². The van der Waals surface area contributed by atoms with Crippen molar-refractivity contribution in [1.29, 1.82) is 0 Å². The van der Waals surface area contributed by atoms with Crippen LogP contribution in [0.3, 0.4) is 0 Å². The van der Waals surface area contributed by atoms with Gasteiger partial charge in [0, 0.05) is 85.1 Å². The van der Waals surface area contributed by atoms with Crippen molar-refractivity contribution in [2.45, 2.75) is 32.3 Å². The van der Waals surface area contributed by atoms with Crippen LogP contribution in [0.5, 0.6) is 11.5 Å². The molecule has 9 heteroatoms. The van der Waals surface area contributed by atoms with Crippen molar-refractivity contribution in [1.82, 2.24) is 13.9 Å². The van der Waals surface area contributed by atoms with Crippen molar-refractivity contribution in [2.24, 2.45) is 12.5 Å². The fraction of sp³-hybridized carbons (Fsp3) is 0.367. The standard InChI is InChI=1S/C30H33IN4O3S/c1-20(36)21-3-8-27(25(17-21)26-18-33(2)29(37)28-24(26)9-15-35(28)39-31)38-23-6-4-22(5-7-23)34-16-12-30(19-34)10-13-32-14-11-30/h3-9,15,17-18,20,32,36H,10-14,16,19H2,1-2H3. The van der Waals surface area contributed by atoms with Gasteiger partial charge >= 0.3 is 0 Å². The van der Waals surface area contributed by atoms with E-state index in [1.54, 1.807) is 18.5 Å². The van der Waals surface area contributed by atoms with Crippen LogP contribution < -0.4 is 20.5 Å². The summed E-state index contributed by atoms with van der Waals surface area (Å²) < 4.78 is 9.96. The van der Waals surface area contributed by atoms with E-state index in [9.17, 15) is 9.90 Å². The van der Waals surface area contributed by atoms with E-state index in [0.29, 0.717) is 16.7 Å². The zero-order valence-electron chi connectivity index (χ0n) is 22.2. The predicted molar refractivity (Wildman–Crippen MR) is 168 cm³/mol. The number of aromatic nitrogens is 2. The van der Waals surface area contributed by atoms with Gasteiger partial charge in [0.2, 0.25) is 0 Å². The predicted octanol–water partition coefficient (Wildman–Crippen LogP) is 6.28. The Bertz CT molecular complexity index is 1560. The third-order valence-electron chi connectivity index (χ3n) is 8.37. The molecule has 4 heterocycles. The summed E-state index contributed by atoms with van der Waals surface area (Å²) in [6.45, 7) is 6.23. The summed E-state index contributed by atoms with van der Waals surface area (Å²) in [5, 5.41) is 14.7. The summed E-state index contributed by atoms with van der Waals surface area (Å²) in [6, 6.07) is 16.1. The van der Waals surface area contributed by atoms with E-state index in [2.05, 4.69) is 43.6 Å². The monoisotopic (exact) mass is 656 g/mol. The van der Waals surface area contributed by atoms with Crippen molar-refractivity contribution in [3.8, 4) is 22.6 Å². The first kappa shape index (κ1) is 26.7. The Kier molecular flexibility index (Phi) is 7.43. The van der Waals surface area contributed by atoms with Gasteiger partial charge < -0.3 is 24.6 Å². The maximum Gasteiger partial charge on any atom is 0.275 e. The smallest absolute Gasteiger partial charge is 0.275 e. The molecule has 0 aliphatic carbocycles. The average Bonchev–Trinajstić information content (AvgIpc) is 3.56. The highest BCUT2D eigenvalue weighted by molar-refractivity contribution is 14.2. The van der Waals surface area contributed by atoms with Crippen LogP contribution in [0.25, 0.3) is 22.0 Å². The molecule has 0 radical (unpaired) electrons. The van der Waals surface area contributed by atoms with E-state index in [4.69, 9.17) is 4.74 Å². The molecule has 2 saturated heterocycles. The van der Waals surface area contributed by atoms with Crippen molar-refractivity contribution in [3.63, 3.8) is 0 Å². The van der Waals surface area contributed by atoms with Crippen molar-refractivity contribution >= 4 is 46.9 Å². The average molecular weight is 657 g/mol. The Morgan fingerprint density at radius 2 is 1.85 bits per heavy atom. The zero-order chi connectivity index (χ0) is 27.1. The Balaban J connectivity index is 1.33. The number of nitrogens with one attached hydrogen (secondary N) is 1. The first-order chi connectivity index (χ1) is 18.9. The second-order valence-corrected chi connectivity index (χ2v) is 12.6. The summed E-state index contributed by atoms with van der Waals surface area (Å²) in [6.07, 6.45) is 6.92. The molecule has 2 aromatic carbocycles. The number of benzene rings is 2. The highest BCUT2D eigenvalue weighted by Gasteiger charge is 2.38. The lowest BCUT2D eigenvalue weighted by Crippen LogP contribution is -2.38. The summed E-state index contributed by atoms with van der Waals surface area (Å²) in [7, 11) is 3.23. The minimum Gasteiger partial charge on any atom is -0.457 e. The minimum absolute atomic E-state index is 0.0548. The molecule has 2 aliphatic rings. The molecule has 1 unspecified atom stereocenters. The van der Waals surface area contributed by atoms with Crippen LogP contribution in [-0.2, 0) is 7.05 Å². The molecule has 2 fully saturated rings. The first-order valence-electron chi connectivity index (χ1n) is 13.4. The van der Waals surface area contributed by atoms with E-state index in [1.807, 2.05) is 52.8 Å². The van der Waals surface area contributed by atoms with Crippen LogP contribution in [0.15, 0.2) is 65.7 Å². The largest absolute Gasteiger partial charge is 0.457 e. The van der Waals surface area contributed by atoms with Gasteiger partial charge in [-0.15, -0.1) is 0 Å². The van der Waals surface area contributed by atoms with Gasteiger partial charge in [-0.25, -0.2) is 0 Å². The lowest BCUT2D eigenvalue weighted by molar-refractivity contribution is 0.199. The van der Waals surface area contributed by atoms with Crippen molar-refractivity contribution < 1.29 is 9.84 Å². The Hall–Kier alpha value is -2.47. The molecular formula is C30H33IN4O3S. The topological polar surface area (TPSA) is 71.7 Å². The number of nitrogens with zero attached hydrogens (tertiary/aromatic N) is 3. The van der Waals surface area contributed by atoms with E-state index in [1.165, 1.54) is 34.1 Å². The summed E-state index contributed by atoms with van der Waals surface area (Å²) in [5.41, 5.74) is 4.77. The van der Waals surface area contributed by atoms with Gasteiger partial charge in [-0.05, 0) is 92.7 Å². The van der Waals surface area contributed by atoms with Gasteiger partial charge in [-0.2, -0.15) is 0 Å². The number of piperidine rings is 1. The highest BCUT2D eigenvalue weighted by Crippen LogP contribution is 2.42. The van der Waals surface area contributed by atoms with Gasteiger partial charge in [0.25, 0.3) is 5.56 Å². The maximum absolute atomic E-state index is 13.0. The Morgan fingerprint density at radius 3 is 2.56 bits per heavy atom. The van der Waals surface area contributed by atoms with Crippen LogP contribution in [0.1, 0.15) is 37.9 Å². The summed E-state index contributed by atoms with van der Waals surface area (Å²) >= 11 is 2.18. The van der Waals surface area contributed by atoms with Crippen molar-refractivity contribution in [2.75, 3.05) is 31.1 Å². The van der Waals surface area contributed by atoms with E-state index in [-0.39, 0.29) is 5.56 Å². The quantitative estimate of drug-likeness (QED) is 0.238. The SMILES string of the molecule is CC(O)c1ccc(Oc2ccc(N3CCC4(CCNCC4)C3)cc2)c(-c2cn(C)c(=O)c3c2ccn3SI)c1. The van der Waals surface area contributed by atoms with Crippen LogP contribution in [0.4, 0.5) is 5.69 Å². The molecule has 0 bridgehead atoms. The number of aliphatic hydroxyl groups is 1. The number of hydrogen-bond donors (Lipinski definition) is 2. The number of halogens is 1. The molecule has 2 aromatic heterocycles. The number of ether oxygens (including phenoxy) is 1. The van der Waals surface area contributed by atoms with Crippen LogP contribution >= 0.6 is 30.3 Å². The third kappa shape index (κ3) is 5.10. The second-order valence-electron chi connectivity index (χ2n) is 10.9. The molecule has 2 aliphatic heterocycles. The number of rotatable bonds is 6. The lowest BCUT2D eigenvalue weighted by Gasteiger charge is -2.34. The van der Waals surface area contributed by atoms with Crippen molar-refractivity contribution in [3.05, 3.63) is 76.8 Å². The summed E-state index contributed by atoms with van der Waals surface area (Å²) in [4.78, 5) is 15.5. The van der Waals surface area contributed by atoms with Gasteiger partial charge in [-0.3, -0.25) is 8.77 Å². The molecule has 6 rings (SSSR count). The third-order valence-corrected chi connectivity index (χ3v) is 10.1. The number of hydrogen-bond acceptors (Lipinski definition) is 6. The van der Waals surface area contributed by atoms with Gasteiger partial charge in [-0.1, -0.05) is 6.07 Å². The molecule has 4 aromatic rings. The normalized spacial score (nSPS) is 17.7. The lowest BCUT2D eigenvalue weighted by atomic mass is 9.78. The highest BCUT2D eigenvalue weighted by atomic mass is 127. The fourth-order valence-electron chi connectivity index (χ4n) is 6.08. The molecule has 0 saturated carbocycles. The summed E-state index contributed by atoms with van der Waals surface area (Å²) in [5.74, 6) is 1.43. The molecule has 1 atom stereocenters. The zero-order valence-corrected chi connectivity index (χ0v) is 25.2. The van der Waals surface area contributed by atoms with E-state index < -0.39 is 6.10 Å². The van der Waals surface area contributed by atoms with Gasteiger partial charge in [0.1, 0.15) is 17.0 Å². The molecule has 39 heavy (non-hydrogen) atoms. The molecule has 204 valence electrons. The number of anilines is 1. The molecular weight excluding hydrogens is 623 g/mol.